The van der Waals surface area contributed by atoms with Gasteiger partial charge < -0.3 is 15.0 Å². The highest BCUT2D eigenvalue weighted by Gasteiger charge is 2.21. The summed E-state index contributed by atoms with van der Waals surface area (Å²) in [6, 6.07) is 10.0. The van der Waals surface area contributed by atoms with Gasteiger partial charge in [-0.05, 0) is 24.1 Å². The van der Waals surface area contributed by atoms with Crippen LogP contribution in [0.15, 0.2) is 55.1 Å². The largest absolute Gasteiger partial charge is 0.448 e. The van der Waals surface area contributed by atoms with Crippen molar-refractivity contribution in [3.8, 4) is 33.8 Å². The molecule has 10 heteroatoms. The molecule has 174 valence electrons. The average molecular weight is 459 g/mol. The topological polar surface area (TPSA) is 103 Å². The lowest BCUT2D eigenvalue weighted by Crippen LogP contribution is -2.26. The third kappa shape index (κ3) is 4.61. The summed E-state index contributed by atoms with van der Waals surface area (Å²) in [5, 5.41) is 12.2. The maximum atomic E-state index is 11.7. The number of amides is 1. The fourth-order valence-electron chi connectivity index (χ4n) is 3.92. The number of benzene rings is 1. The molecule has 0 atom stereocenters. The van der Waals surface area contributed by atoms with Crippen LogP contribution in [0, 0.1) is 0 Å². The standard InChI is InChI=1S/C24H26N8O2/c1-30-10-7-21(29-30)20-15-26-22(18-6-3-5-17(13-18)19-14-27-31(2)16-19)28-23(20)25-8-4-9-32-11-12-34-24(32)33/h3,5-7,10,13-16H,4,8-9,11-12H2,1-2H3,(H,25,26,28). The van der Waals surface area contributed by atoms with Crippen molar-refractivity contribution in [1.82, 2.24) is 34.4 Å². The number of nitrogens with one attached hydrogen (secondary N) is 1. The van der Waals surface area contributed by atoms with Crippen LogP contribution in [0.1, 0.15) is 6.42 Å². The molecule has 4 heterocycles. The number of nitrogens with zero attached hydrogens (tertiary/aromatic N) is 7. The Morgan fingerprint density at radius 3 is 2.71 bits per heavy atom. The molecule has 0 bridgehead atoms. The van der Waals surface area contributed by atoms with Crippen molar-refractivity contribution in [3.05, 3.63) is 55.1 Å². The number of hydrogen-bond donors (Lipinski definition) is 1. The van der Waals surface area contributed by atoms with Gasteiger partial charge in [-0.3, -0.25) is 9.36 Å². The van der Waals surface area contributed by atoms with E-state index in [0.29, 0.717) is 37.9 Å². The van der Waals surface area contributed by atoms with E-state index in [2.05, 4.69) is 26.6 Å². The highest BCUT2D eigenvalue weighted by atomic mass is 16.6. The number of hydrogen-bond acceptors (Lipinski definition) is 7. The lowest BCUT2D eigenvalue weighted by molar-refractivity contribution is 0.158. The molecule has 0 aliphatic carbocycles. The Hall–Kier alpha value is -4.21. The number of carbonyl (C=O) groups excluding carboxylic acids is 1. The molecule has 0 spiro atoms. The minimum atomic E-state index is -0.244. The summed E-state index contributed by atoms with van der Waals surface area (Å²) in [5.74, 6) is 1.33. The third-order valence-electron chi connectivity index (χ3n) is 5.68. The smallest absolute Gasteiger partial charge is 0.409 e. The Balaban J connectivity index is 1.40. The summed E-state index contributed by atoms with van der Waals surface area (Å²) in [4.78, 5) is 22.9. The van der Waals surface area contributed by atoms with Gasteiger partial charge in [-0.1, -0.05) is 18.2 Å². The van der Waals surface area contributed by atoms with Crippen molar-refractivity contribution in [3.63, 3.8) is 0 Å². The monoisotopic (exact) mass is 458 g/mol. The zero-order chi connectivity index (χ0) is 23.5. The van der Waals surface area contributed by atoms with Crippen LogP contribution in [-0.4, -0.2) is 66.8 Å². The van der Waals surface area contributed by atoms with E-state index in [0.717, 1.165) is 34.4 Å². The quantitative estimate of drug-likeness (QED) is 0.405. The molecule has 1 amide bonds. The van der Waals surface area contributed by atoms with Gasteiger partial charge in [0.2, 0.25) is 0 Å². The van der Waals surface area contributed by atoms with E-state index in [4.69, 9.17) is 9.72 Å². The van der Waals surface area contributed by atoms with Crippen molar-refractivity contribution in [1.29, 1.82) is 0 Å². The maximum Gasteiger partial charge on any atom is 0.409 e. The van der Waals surface area contributed by atoms with Crippen LogP contribution in [0.5, 0.6) is 0 Å². The molecular weight excluding hydrogens is 432 g/mol. The van der Waals surface area contributed by atoms with Gasteiger partial charge in [0.1, 0.15) is 12.4 Å². The highest BCUT2D eigenvalue weighted by Crippen LogP contribution is 2.29. The molecule has 5 rings (SSSR count). The van der Waals surface area contributed by atoms with Crippen LogP contribution >= 0.6 is 0 Å². The Morgan fingerprint density at radius 2 is 1.97 bits per heavy atom. The fraction of sp³-hybridized carbons (Fsp3) is 0.292. The first-order valence-corrected chi connectivity index (χ1v) is 11.2. The van der Waals surface area contributed by atoms with Gasteiger partial charge in [0.15, 0.2) is 5.82 Å². The molecule has 10 nitrogen and oxygen atoms in total. The number of cyclic esters (lactones) is 1. The zero-order valence-electron chi connectivity index (χ0n) is 19.2. The molecular formula is C24H26N8O2. The molecule has 4 aromatic rings. The van der Waals surface area contributed by atoms with Crippen molar-refractivity contribution in [2.24, 2.45) is 14.1 Å². The van der Waals surface area contributed by atoms with Gasteiger partial charge in [-0.25, -0.2) is 14.8 Å². The predicted octanol–water partition coefficient (Wildman–Crippen LogP) is 3.20. The van der Waals surface area contributed by atoms with Crippen LogP contribution in [-0.2, 0) is 18.8 Å². The van der Waals surface area contributed by atoms with Crippen LogP contribution in [0.3, 0.4) is 0 Å². The van der Waals surface area contributed by atoms with Gasteiger partial charge in [-0.2, -0.15) is 10.2 Å². The predicted molar refractivity (Wildman–Crippen MR) is 128 cm³/mol. The second-order valence-corrected chi connectivity index (χ2v) is 8.20. The van der Waals surface area contributed by atoms with Gasteiger partial charge in [0.05, 0.1) is 24.0 Å². The van der Waals surface area contributed by atoms with Crippen molar-refractivity contribution < 1.29 is 9.53 Å². The normalized spacial score (nSPS) is 13.4. The molecule has 0 unspecified atom stereocenters. The lowest BCUT2D eigenvalue weighted by Gasteiger charge is -2.14. The van der Waals surface area contributed by atoms with Gasteiger partial charge in [-0.15, -0.1) is 0 Å². The summed E-state index contributed by atoms with van der Waals surface area (Å²) in [7, 11) is 3.78. The molecule has 1 saturated heterocycles. The first kappa shape index (κ1) is 21.6. The molecule has 34 heavy (non-hydrogen) atoms. The van der Waals surface area contributed by atoms with Gasteiger partial charge in [0.25, 0.3) is 0 Å². The van der Waals surface area contributed by atoms with E-state index in [9.17, 15) is 4.79 Å². The molecule has 1 aliphatic rings. The Bertz CT molecular complexity index is 1310. The third-order valence-corrected chi connectivity index (χ3v) is 5.68. The molecule has 1 aliphatic heterocycles. The zero-order valence-corrected chi connectivity index (χ0v) is 19.2. The summed E-state index contributed by atoms with van der Waals surface area (Å²) >= 11 is 0. The average Bonchev–Trinajstić information content (AvgIpc) is 3.58. The molecule has 1 aromatic carbocycles. The van der Waals surface area contributed by atoms with Gasteiger partial charge >= 0.3 is 6.09 Å². The Labute approximate surface area is 197 Å². The SMILES string of the molecule is Cn1cc(-c2cccc(-c3ncc(-c4ccn(C)n4)c(NCCCN4CCOC4=O)n3)c2)cn1. The summed E-state index contributed by atoms with van der Waals surface area (Å²) in [6.45, 7) is 2.39. The van der Waals surface area contributed by atoms with E-state index < -0.39 is 0 Å². The van der Waals surface area contributed by atoms with E-state index in [1.165, 1.54) is 0 Å². The Morgan fingerprint density at radius 1 is 1.09 bits per heavy atom. The minimum absolute atomic E-state index is 0.244. The van der Waals surface area contributed by atoms with Crippen LogP contribution in [0.25, 0.3) is 33.8 Å². The van der Waals surface area contributed by atoms with E-state index >= 15 is 0 Å². The van der Waals surface area contributed by atoms with E-state index in [1.54, 1.807) is 14.3 Å². The second kappa shape index (κ2) is 9.34. The van der Waals surface area contributed by atoms with Gasteiger partial charge in [0, 0.05) is 56.9 Å². The Kier molecular flexibility index (Phi) is 5.94. The summed E-state index contributed by atoms with van der Waals surface area (Å²) in [6.07, 6.45) is 8.05. The maximum absolute atomic E-state index is 11.7. The molecule has 1 fully saturated rings. The van der Waals surface area contributed by atoms with Crippen molar-refractivity contribution >= 4 is 11.9 Å². The first-order valence-electron chi connectivity index (χ1n) is 11.2. The molecule has 0 saturated carbocycles. The minimum Gasteiger partial charge on any atom is -0.448 e. The summed E-state index contributed by atoms with van der Waals surface area (Å²) in [5.41, 5.74) is 4.62. The van der Waals surface area contributed by atoms with Crippen LogP contribution in [0.4, 0.5) is 10.6 Å². The van der Waals surface area contributed by atoms with Crippen molar-refractivity contribution in [2.75, 3.05) is 31.6 Å². The number of ether oxygens (including phenoxy) is 1. The number of rotatable bonds is 8. The number of aryl methyl sites for hydroxylation is 2. The number of carbonyl (C=O) groups is 1. The lowest BCUT2D eigenvalue weighted by atomic mass is 10.1. The van der Waals surface area contributed by atoms with Crippen molar-refractivity contribution in [2.45, 2.75) is 6.42 Å². The highest BCUT2D eigenvalue weighted by molar-refractivity contribution is 5.75. The second-order valence-electron chi connectivity index (χ2n) is 8.20. The first-order chi connectivity index (χ1) is 16.6. The molecule has 3 aromatic heterocycles. The molecule has 1 N–H and O–H groups in total. The number of anilines is 1. The van der Waals surface area contributed by atoms with Crippen LogP contribution in [0.2, 0.25) is 0 Å². The van der Waals surface area contributed by atoms with E-state index in [-0.39, 0.29) is 6.09 Å². The van der Waals surface area contributed by atoms with E-state index in [1.807, 2.05) is 63.1 Å². The summed E-state index contributed by atoms with van der Waals surface area (Å²) < 4.78 is 8.53. The number of aromatic nitrogens is 6. The fourth-order valence-corrected chi connectivity index (χ4v) is 3.92. The van der Waals surface area contributed by atoms with Crippen LogP contribution < -0.4 is 5.32 Å². The molecule has 0 radical (unpaired) electrons.